The van der Waals surface area contributed by atoms with Gasteiger partial charge in [-0.1, -0.05) is 12.1 Å². The summed E-state index contributed by atoms with van der Waals surface area (Å²) in [6.07, 6.45) is -1.39. The van der Waals surface area contributed by atoms with Crippen molar-refractivity contribution < 1.29 is 62.3 Å². The van der Waals surface area contributed by atoms with Crippen LogP contribution in [0.1, 0.15) is 30.4 Å². The molecule has 1 aliphatic heterocycles. The van der Waals surface area contributed by atoms with E-state index in [0.29, 0.717) is 12.2 Å². The molecule has 2 aromatic carbocycles. The standard InChI is InChI=1S/C22H26F3N3O2.2C2H2O4/c1-30-18-8-5-16(6-9-18)14-26-15-21(29)27-19-13-17(22(23,24)25)7-10-20(19)28-11-3-2-4-12-28;2*3-1(4)2(5)6/h5-10,13,26H,2-4,11-12,14-15H2,1H3,(H,27,29);2*(H,3,4)(H,5,6). The molecule has 0 saturated carbocycles. The van der Waals surface area contributed by atoms with Gasteiger partial charge < -0.3 is 40.7 Å². The highest BCUT2D eigenvalue weighted by molar-refractivity contribution is 6.27. The highest BCUT2D eigenvalue weighted by Gasteiger charge is 2.31. The number of amides is 1. The summed E-state index contributed by atoms with van der Waals surface area (Å²) in [6, 6.07) is 11.0. The molecule has 42 heavy (non-hydrogen) atoms. The van der Waals surface area contributed by atoms with E-state index in [9.17, 15) is 18.0 Å². The molecular formula is C26H30F3N3O10. The first kappa shape index (κ1) is 35.2. The smallest absolute Gasteiger partial charge is 0.416 e. The summed E-state index contributed by atoms with van der Waals surface area (Å²) >= 11 is 0. The number of carboxylic acid groups (broad SMARTS) is 4. The van der Waals surface area contributed by atoms with Gasteiger partial charge in [-0.05, 0) is 55.2 Å². The molecule has 0 radical (unpaired) electrons. The molecule has 0 spiro atoms. The number of piperidine rings is 1. The summed E-state index contributed by atoms with van der Waals surface area (Å²) < 4.78 is 44.6. The van der Waals surface area contributed by atoms with Crippen LogP contribution in [0.15, 0.2) is 42.5 Å². The van der Waals surface area contributed by atoms with Crippen molar-refractivity contribution in [2.24, 2.45) is 0 Å². The van der Waals surface area contributed by atoms with Crippen LogP contribution in [-0.4, -0.2) is 77.0 Å². The molecule has 0 aromatic heterocycles. The number of anilines is 2. The van der Waals surface area contributed by atoms with E-state index in [1.807, 2.05) is 29.2 Å². The zero-order valence-corrected chi connectivity index (χ0v) is 22.3. The largest absolute Gasteiger partial charge is 0.497 e. The molecule has 1 saturated heterocycles. The third kappa shape index (κ3) is 13.0. The Labute approximate surface area is 237 Å². The van der Waals surface area contributed by atoms with Crippen molar-refractivity contribution in [2.75, 3.05) is 37.0 Å². The molecule has 0 aliphatic carbocycles. The molecule has 0 bridgehead atoms. The molecule has 1 fully saturated rings. The molecule has 6 N–H and O–H groups in total. The molecule has 0 atom stereocenters. The molecule has 1 aliphatic rings. The van der Waals surface area contributed by atoms with E-state index < -0.39 is 35.6 Å². The van der Waals surface area contributed by atoms with Gasteiger partial charge in [0, 0.05) is 19.6 Å². The van der Waals surface area contributed by atoms with Crippen molar-refractivity contribution in [3.63, 3.8) is 0 Å². The summed E-state index contributed by atoms with van der Waals surface area (Å²) in [5, 5.41) is 35.2. The molecule has 0 unspecified atom stereocenters. The van der Waals surface area contributed by atoms with Gasteiger partial charge >= 0.3 is 30.1 Å². The molecular weight excluding hydrogens is 571 g/mol. The zero-order chi connectivity index (χ0) is 31.9. The minimum absolute atomic E-state index is 0.0122. The molecule has 1 heterocycles. The van der Waals surface area contributed by atoms with Crippen molar-refractivity contribution in [1.82, 2.24) is 5.32 Å². The maximum absolute atomic E-state index is 13.2. The minimum Gasteiger partial charge on any atom is -0.497 e. The van der Waals surface area contributed by atoms with Crippen molar-refractivity contribution in [1.29, 1.82) is 0 Å². The Balaban J connectivity index is 0.000000618. The van der Waals surface area contributed by atoms with Gasteiger partial charge in [-0.25, -0.2) is 19.2 Å². The molecule has 3 rings (SSSR count). The fourth-order valence-corrected chi connectivity index (χ4v) is 3.48. The van der Waals surface area contributed by atoms with E-state index in [0.717, 1.165) is 55.8 Å². The Morgan fingerprint density at radius 3 is 1.81 bits per heavy atom. The van der Waals surface area contributed by atoms with E-state index >= 15 is 0 Å². The predicted molar refractivity (Wildman–Crippen MR) is 141 cm³/mol. The van der Waals surface area contributed by atoms with Gasteiger partial charge in [0.2, 0.25) is 5.91 Å². The number of ether oxygens (including phenoxy) is 1. The highest BCUT2D eigenvalue weighted by Crippen LogP contribution is 2.36. The van der Waals surface area contributed by atoms with Crippen LogP contribution in [0.4, 0.5) is 24.5 Å². The normalized spacial score (nSPS) is 12.4. The molecule has 13 nitrogen and oxygen atoms in total. The topological polar surface area (TPSA) is 203 Å². The lowest BCUT2D eigenvalue weighted by atomic mass is 10.1. The average molecular weight is 602 g/mol. The maximum Gasteiger partial charge on any atom is 0.416 e. The van der Waals surface area contributed by atoms with Gasteiger partial charge in [0.1, 0.15) is 5.75 Å². The lowest BCUT2D eigenvalue weighted by molar-refractivity contribution is -0.159. The van der Waals surface area contributed by atoms with Crippen molar-refractivity contribution >= 4 is 41.2 Å². The number of hydrogen-bond acceptors (Lipinski definition) is 8. The Kier molecular flexibility index (Phi) is 14.3. The van der Waals surface area contributed by atoms with Crippen molar-refractivity contribution in [3.8, 4) is 5.75 Å². The van der Waals surface area contributed by atoms with Gasteiger partial charge in [0.25, 0.3) is 0 Å². The SMILES string of the molecule is COc1ccc(CNCC(=O)Nc2cc(C(F)(F)F)ccc2N2CCCCC2)cc1.O=C(O)C(=O)O.O=C(O)C(=O)O. The number of halogens is 3. The first-order valence-corrected chi connectivity index (χ1v) is 12.2. The number of methoxy groups -OCH3 is 1. The van der Waals surface area contributed by atoms with Gasteiger partial charge in [-0.3, -0.25) is 4.79 Å². The highest BCUT2D eigenvalue weighted by atomic mass is 19.4. The van der Waals surface area contributed by atoms with E-state index in [1.54, 1.807) is 7.11 Å². The molecule has 2 aromatic rings. The van der Waals surface area contributed by atoms with Crippen LogP contribution in [0.5, 0.6) is 5.75 Å². The van der Waals surface area contributed by atoms with Crippen LogP contribution in [0.2, 0.25) is 0 Å². The number of nitrogens with one attached hydrogen (secondary N) is 2. The zero-order valence-electron chi connectivity index (χ0n) is 22.3. The van der Waals surface area contributed by atoms with E-state index in [2.05, 4.69) is 10.6 Å². The number of carboxylic acids is 4. The van der Waals surface area contributed by atoms with E-state index in [4.69, 9.17) is 44.3 Å². The Hall–Kier alpha value is -4.86. The summed E-state index contributed by atoms with van der Waals surface area (Å²) in [5.41, 5.74) is 1.02. The summed E-state index contributed by atoms with van der Waals surface area (Å²) in [7, 11) is 1.59. The number of carbonyl (C=O) groups is 5. The third-order valence-corrected chi connectivity index (χ3v) is 5.43. The van der Waals surface area contributed by atoms with Gasteiger partial charge in [-0.2, -0.15) is 13.2 Å². The van der Waals surface area contributed by atoms with Gasteiger partial charge in [0.15, 0.2) is 0 Å². The second-order valence-corrected chi connectivity index (χ2v) is 8.50. The van der Waals surface area contributed by atoms with Crippen LogP contribution in [-0.2, 0) is 36.7 Å². The number of aliphatic carboxylic acids is 4. The Morgan fingerprint density at radius 1 is 0.833 bits per heavy atom. The first-order valence-electron chi connectivity index (χ1n) is 12.2. The average Bonchev–Trinajstić information content (AvgIpc) is 2.94. The monoisotopic (exact) mass is 601 g/mol. The van der Waals surface area contributed by atoms with Crippen LogP contribution in [0.25, 0.3) is 0 Å². The fourth-order valence-electron chi connectivity index (χ4n) is 3.48. The number of nitrogens with zero attached hydrogens (tertiary/aromatic N) is 1. The Morgan fingerprint density at radius 2 is 1.36 bits per heavy atom. The second-order valence-electron chi connectivity index (χ2n) is 8.50. The summed E-state index contributed by atoms with van der Waals surface area (Å²) in [5.74, 6) is -6.94. The third-order valence-electron chi connectivity index (χ3n) is 5.43. The van der Waals surface area contributed by atoms with E-state index in [-0.39, 0.29) is 18.1 Å². The second kappa shape index (κ2) is 17.1. The summed E-state index contributed by atoms with van der Waals surface area (Å²) in [4.78, 5) is 50.8. The minimum atomic E-state index is -4.47. The van der Waals surface area contributed by atoms with Crippen LogP contribution in [0.3, 0.4) is 0 Å². The fraction of sp³-hybridized carbons (Fsp3) is 0.346. The molecule has 230 valence electrons. The Bertz CT molecular complexity index is 1180. The van der Waals surface area contributed by atoms with Crippen LogP contribution in [0, 0.1) is 0 Å². The number of alkyl halides is 3. The predicted octanol–water partition coefficient (Wildman–Crippen LogP) is 2.74. The number of hydrogen-bond donors (Lipinski definition) is 6. The number of rotatable bonds is 7. The first-order chi connectivity index (χ1) is 19.6. The van der Waals surface area contributed by atoms with Gasteiger partial charge in [0.05, 0.1) is 30.6 Å². The molecule has 1 amide bonds. The van der Waals surface area contributed by atoms with Gasteiger partial charge in [-0.15, -0.1) is 0 Å². The lowest BCUT2D eigenvalue weighted by Crippen LogP contribution is -2.32. The van der Waals surface area contributed by atoms with Crippen molar-refractivity contribution in [2.45, 2.75) is 32.0 Å². The van der Waals surface area contributed by atoms with Crippen LogP contribution < -0.4 is 20.3 Å². The number of benzene rings is 2. The van der Waals surface area contributed by atoms with Crippen molar-refractivity contribution in [3.05, 3.63) is 53.6 Å². The maximum atomic E-state index is 13.2. The lowest BCUT2D eigenvalue weighted by Gasteiger charge is -2.31. The number of carbonyl (C=O) groups excluding carboxylic acids is 1. The molecule has 16 heteroatoms. The van der Waals surface area contributed by atoms with E-state index in [1.165, 1.54) is 6.07 Å². The van der Waals surface area contributed by atoms with Crippen LogP contribution >= 0.6 is 0 Å². The quantitative estimate of drug-likeness (QED) is 0.254. The summed E-state index contributed by atoms with van der Waals surface area (Å²) in [6.45, 7) is 1.98.